The van der Waals surface area contributed by atoms with E-state index >= 15 is 0 Å². The highest BCUT2D eigenvalue weighted by atomic mass is 16.2. The van der Waals surface area contributed by atoms with Crippen LogP contribution in [0.5, 0.6) is 0 Å². The summed E-state index contributed by atoms with van der Waals surface area (Å²) in [5.41, 5.74) is 3.72. The predicted molar refractivity (Wildman–Crippen MR) is 98.4 cm³/mol. The topological polar surface area (TPSA) is 52.7 Å². The van der Waals surface area contributed by atoms with Crippen molar-refractivity contribution in [2.45, 2.75) is 45.6 Å². The van der Waals surface area contributed by atoms with Crippen LogP contribution in [-0.2, 0) is 16.0 Å². The van der Waals surface area contributed by atoms with Crippen LogP contribution in [-0.4, -0.2) is 60.4 Å². The van der Waals surface area contributed by atoms with Gasteiger partial charge in [-0.2, -0.15) is 0 Å². The number of rotatable bonds is 4. The Labute approximate surface area is 150 Å². The molecule has 5 nitrogen and oxygen atoms in total. The van der Waals surface area contributed by atoms with Crippen molar-refractivity contribution in [2.24, 2.45) is 0 Å². The summed E-state index contributed by atoms with van der Waals surface area (Å²) in [5, 5.41) is 3.27. The van der Waals surface area contributed by atoms with Gasteiger partial charge in [-0.25, -0.2) is 0 Å². The fourth-order valence-corrected chi connectivity index (χ4v) is 3.73. The molecule has 5 heteroatoms. The molecule has 25 heavy (non-hydrogen) atoms. The van der Waals surface area contributed by atoms with E-state index in [1.165, 1.54) is 16.7 Å². The molecule has 136 valence electrons. The molecular weight excluding hydrogens is 314 g/mol. The highest BCUT2D eigenvalue weighted by molar-refractivity contribution is 5.88. The Morgan fingerprint density at radius 1 is 1.12 bits per heavy atom. The number of likely N-dealkylation sites (tertiary alicyclic amines) is 1. The zero-order valence-electron chi connectivity index (χ0n) is 15.4. The van der Waals surface area contributed by atoms with E-state index in [0.29, 0.717) is 19.5 Å². The maximum Gasteiger partial charge on any atom is 0.246 e. The number of benzene rings is 1. The van der Waals surface area contributed by atoms with Gasteiger partial charge in [-0.1, -0.05) is 18.2 Å². The van der Waals surface area contributed by atoms with E-state index in [4.69, 9.17) is 0 Å². The molecule has 2 amide bonds. The molecular formula is C20H29N3O2. The minimum absolute atomic E-state index is 0.0947. The zero-order valence-corrected chi connectivity index (χ0v) is 15.4. The monoisotopic (exact) mass is 343 g/mol. The van der Waals surface area contributed by atoms with Gasteiger partial charge in [0.1, 0.15) is 6.04 Å². The van der Waals surface area contributed by atoms with Crippen LogP contribution >= 0.6 is 0 Å². The van der Waals surface area contributed by atoms with Gasteiger partial charge in [-0.3, -0.25) is 9.59 Å². The zero-order chi connectivity index (χ0) is 17.8. The second-order valence-electron chi connectivity index (χ2n) is 7.26. The largest absolute Gasteiger partial charge is 0.341 e. The van der Waals surface area contributed by atoms with Crippen LogP contribution in [0, 0.1) is 13.8 Å². The summed E-state index contributed by atoms with van der Waals surface area (Å²) >= 11 is 0. The van der Waals surface area contributed by atoms with E-state index in [9.17, 15) is 9.59 Å². The first-order valence-electron chi connectivity index (χ1n) is 9.41. The average molecular weight is 343 g/mol. The quantitative estimate of drug-likeness (QED) is 0.905. The molecule has 2 aliphatic rings. The lowest BCUT2D eigenvalue weighted by molar-refractivity contribution is -0.146. The highest BCUT2D eigenvalue weighted by Gasteiger charge is 2.35. The van der Waals surface area contributed by atoms with Gasteiger partial charge >= 0.3 is 0 Å². The number of hydrogen-bond donors (Lipinski definition) is 1. The lowest BCUT2D eigenvalue weighted by Gasteiger charge is -2.37. The summed E-state index contributed by atoms with van der Waals surface area (Å²) in [6.07, 6.45) is 3.35. The van der Waals surface area contributed by atoms with E-state index in [-0.39, 0.29) is 17.9 Å². The van der Waals surface area contributed by atoms with E-state index in [1.807, 2.05) is 4.90 Å². The van der Waals surface area contributed by atoms with Crippen molar-refractivity contribution in [2.75, 3.05) is 32.7 Å². The first kappa shape index (κ1) is 17.9. The van der Waals surface area contributed by atoms with Crippen LogP contribution in [0.25, 0.3) is 0 Å². The third-order valence-electron chi connectivity index (χ3n) is 5.47. The molecule has 0 aliphatic carbocycles. The molecule has 1 atom stereocenters. The van der Waals surface area contributed by atoms with Gasteiger partial charge in [-0.05, 0) is 49.8 Å². The number of nitrogens with one attached hydrogen (secondary N) is 1. The van der Waals surface area contributed by atoms with Crippen molar-refractivity contribution in [3.8, 4) is 0 Å². The number of amides is 2. The maximum atomic E-state index is 12.8. The molecule has 2 saturated heterocycles. The number of carbonyl (C=O) groups excluding carboxylic acids is 2. The van der Waals surface area contributed by atoms with Crippen molar-refractivity contribution in [3.63, 3.8) is 0 Å². The predicted octanol–water partition coefficient (Wildman–Crippen LogP) is 1.66. The van der Waals surface area contributed by atoms with Crippen LogP contribution < -0.4 is 5.32 Å². The molecule has 0 spiro atoms. The van der Waals surface area contributed by atoms with Crippen molar-refractivity contribution < 1.29 is 9.59 Å². The fourth-order valence-electron chi connectivity index (χ4n) is 3.73. The van der Waals surface area contributed by atoms with Crippen LogP contribution in [0.1, 0.15) is 36.0 Å². The molecule has 3 rings (SSSR count). The number of aryl methyl sites for hydroxylation is 3. The Hall–Kier alpha value is -1.88. The van der Waals surface area contributed by atoms with E-state index in [1.54, 1.807) is 4.90 Å². The average Bonchev–Trinajstić information content (AvgIpc) is 3.16. The third-order valence-corrected chi connectivity index (χ3v) is 5.47. The second-order valence-corrected chi connectivity index (χ2v) is 7.26. The van der Waals surface area contributed by atoms with Crippen molar-refractivity contribution in [1.29, 1.82) is 0 Å². The SMILES string of the molecule is Cc1ccc(CCC(=O)N2CCNCC2C(=O)N2CCCC2)cc1C. The molecule has 0 aromatic heterocycles. The molecule has 2 aliphatic heterocycles. The van der Waals surface area contributed by atoms with Gasteiger partial charge < -0.3 is 15.1 Å². The second kappa shape index (κ2) is 8.00. The standard InChI is InChI=1S/C20H29N3O2/c1-15-5-6-17(13-16(15)2)7-8-19(24)23-12-9-21-14-18(23)20(25)22-10-3-4-11-22/h5-6,13,18,21H,3-4,7-12,14H2,1-2H3. The molecule has 0 saturated carbocycles. The van der Waals surface area contributed by atoms with Crippen molar-refractivity contribution >= 4 is 11.8 Å². The summed E-state index contributed by atoms with van der Waals surface area (Å²) in [5.74, 6) is 0.210. The Balaban J connectivity index is 1.62. The first-order chi connectivity index (χ1) is 12.1. The smallest absolute Gasteiger partial charge is 0.246 e. The number of piperazine rings is 1. The van der Waals surface area contributed by atoms with Crippen LogP contribution in [0.4, 0.5) is 0 Å². The Morgan fingerprint density at radius 2 is 1.88 bits per heavy atom. The van der Waals surface area contributed by atoms with Crippen LogP contribution in [0.3, 0.4) is 0 Å². The van der Waals surface area contributed by atoms with Gasteiger partial charge in [-0.15, -0.1) is 0 Å². The summed E-state index contributed by atoms with van der Waals surface area (Å²) in [4.78, 5) is 29.3. The molecule has 1 aromatic rings. The minimum atomic E-state index is -0.334. The molecule has 0 bridgehead atoms. The summed E-state index contributed by atoms with van der Waals surface area (Å²) in [6.45, 7) is 7.82. The van der Waals surface area contributed by atoms with Crippen molar-refractivity contribution in [1.82, 2.24) is 15.1 Å². The summed E-state index contributed by atoms with van der Waals surface area (Å²) in [7, 11) is 0. The van der Waals surface area contributed by atoms with Gasteiger partial charge in [0.05, 0.1) is 0 Å². The van der Waals surface area contributed by atoms with Gasteiger partial charge in [0, 0.05) is 39.1 Å². The van der Waals surface area contributed by atoms with E-state index < -0.39 is 0 Å². The molecule has 1 unspecified atom stereocenters. The highest BCUT2D eigenvalue weighted by Crippen LogP contribution is 2.16. The Kier molecular flexibility index (Phi) is 5.74. The third kappa shape index (κ3) is 4.21. The molecule has 1 N–H and O–H groups in total. The van der Waals surface area contributed by atoms with Gasteiger partial charge in [0.25, 0.3) is 0 Å². The number of hydrogen-bond acceptors (Lipinski definition) is 3. The first-order valence-corrected chi connectivity index (χ1v) is 9.41. The van der Waals surface area contributed by atoms with Crippen LogP contribution in [0.2, 0.25) is 0 Å². The molecule has 1 aromatic carbocycles. The number of carbonyl (C=O) groups is 2. The van der Waals surface area contributed by atoms with E-state index in [0.717, 1.165) is 38.9 Å². The normalized spacial score (nSPS) is 20.8. The van der Waals surface area contributed by atoms with Crippen molar-refractivity contribution in [3.05, 3.63) is 34.9 Å². The molecule has 2 fully saturated rings. The maximum absolute atomic E-state index is 12.8. The molecule has 0 radical (unpaired) electrons. The molecule has 2 heterocycles. The lowest BCUT2D eigenvalue weighted by atomic mass is 10.0. The van der Waals surface area contributed by atoms with Crippen LogP contribution in [0.15, 0.2) is 18.2 Å². The number of nitrogens with zero attached hydrogens (tertiary/aromatic N) is 2. The fraction of sp³-hybridized carbons (Fsp3) is 0.600. The minimum Gasteiger partial charge on any atom is -0.341 e. The lowest BCUT2D eigenvalue weighted by Crippen LogP contribution is -2.59. The summed E-state index contributed by atoms with van der Waals surface area (Å²) < 4.78 is 0. The van der Waals surface area contributed by atoms with Gasteiger partial charge in [0.15, 0.2) is 0 Å². The van der Waals surface area contributed by atoms with Gasteiger partial charge in [0.2, 0.25) is 11.8 Å². The Morgan fingerprint density at radius 3 is 2.60 bits per heavy atom. The summed E-state index contributed by atoms with van der Waals surface area (Å²) in [6, 6.07) is 6.03. The Bertz CT molecular complexity index is 638. The van der Waals surface area contributed by atoms with E-state index in [2.05, 4.69) is 37.4 Å².